The van der Waals surface area contributed by atoms with Crippen molar-refractivity contribution in [1.82, 2.24) is 9.99 Å². The molecule has 1 aliphatic rings. The van der Waals surface area contributed by atoms with Crippen molar-refractivity contribution in [2.24, 2.45) is 16.4 Å². The van der Waals surface area contributed by atoms with Crippen LogP contribution in [0.5, 0.6) is 0 Å². The molecular weight excluding hydrogens is 266 g/mol. The van der Waals surface area contributed by atoms with E-state index in [1.165, 1.54) is 17.1 Å². The van der Waals surface area contributed by atoms with Gasteiger partial charge in [0.25, 0.3) is 11.5 Å². The van der Waals surface area contributed by atoms with Gasteiger partial charge < -0.3 is 4.57 Å². The number of pyridine rings is 1. The molecule has 21 heavy (non-hydrogen) atoms. The Hall–Kier alpha value is -1.91. The zero-order valence-electron chi connectivity index (χ0n) is 12.9. The summed E-state index contributed by atoms with van der Waals surface area (Å²) >= 11 is 0. The van der Waals surface area contributed by atoms with E-state index < -0.39 is 0 Å². The maximum Gasteiger partial charge on any atom is 0.260 e. The molecule has 1 aliphatic carbocycles. The molecule has 1 fully saturated rings. The maximum atomic E-state index is 11.9. The van der Waals surface area contributed by atoms with Crippen LogP contribution in [0.4, 0.5) is 0 Å². The number of nitrogens with zero attached hydrogens (tertiary/aromatic N) is 2. The first-order chi connectivity index (χ1) is 9.85. The van der Waals surface area contributed by atoms with Crippen LogP contribution in [0, 0.1) is 11.3 Å². The molecule has 0 bridgehead atoms. The van der Waals surface area contributed by atoms with Crippen LogP contribution in [0.2, 0.25) is 0 Å². The fourth-order valence-electron chi connectivity index (χ4n) is 3.12. The van der Waals surface area contributed by atoms with Gasteiger partial charge in [-0.15, -0.1) is 0 Å². The number of hydrazone groups is 1. The predicted molar refractivity (Wildman–Crippen MR) is 83.1 cm³/mol. The standard InChI is InChI=1S/C16H23N3O2/c1-12-8-13(10-16(2,3)9-12)17-18-14(20)11-19-7-5-4-6-15(19)21/h4-7,12H,8-11H2,1-3H3,(H,18,20)/b17-13-/t12-/m1/s1. The SMILES string of the molecule is C[C@@H]1C/C(=N/NC(=O)Cn2ccccc2=O)CC(C)(C)C1. The van der Waals surface area contributed by atoms with Crippen molar-refractivity contribution in [3.63, 3.8) is 0 Å². The van der Waals surface area contributed by atoms with E-state index in [4.69, 9.17) is 0 Å². The monoisotopic (exact) mass is 289 g/mol. The summed E-state index contributed by atoms with van der Waals surface area (Å²) in [4.78, 5) is 23.4. The molecule has 0 spiro atoms. The summed E-state index contributed by atoms with van der Waals surface area (Å²) in [7, 11) is 0. The van der Waals surface area contributed by atoms with Crippen LogP contribution in [0.1, 0.15) is 40.0 Å². The lowest BCUT2D eigenvalue weighted by Crippen LogP contribution is -2.32. The average molecular weight is 289 g/mol. The summed E-state index contributed by atoms with van der Waals surface area (Å²) in [5, 5.41) is 4.26. The molecule has 1 aromatic rings. The first-order valence-corrected chi connectivity index (χ1v) is 7.35. The predicted octanol–water partition coefficient (Wildman–Crippen LogP) is 2.17. The highest BCUT2D eigenvalue weighted by atomic mass is 16.2. The van der Waals surface area contributed by atoms with Crippen molar-refractivity contribution < 1.29 is 4.79 Å². The molecule has 5 nitrogen and oxygen atoms in total. The third kappa shape index (κ3) is 4.55. The fourth-order valence-corrected chi connectivity index (χ4v) is 3.12. The van der Waals surface area contributed by atoms with Crippen LogP contribution in [0.25, 0.3) is 0 Å². The van der Waals surface area contributed by atoms with E-state index in [0.717, 1.165) is 18.6 Å². The van der Waals surface area contributed by atoms with Gasteiger partial charge in [0.15, 0.2) is 0 Å². The number of amides is 1. The van der Waals surface area contributed by atoms with Crippen molar-refractivity contribution in [3.8, 4) is 0 Å². The Morgan fingerprint density at radius 2 is 2.24 bits per heavy atom. The number of rotatable bonds is 3. The van der Waals surface area contributed by atoms with Gasteiger partial charge in [0.2, 0.25) is 0 Å². The highest BCUT2D eigenvalue weighted by Crippen LogP contribution is 2.36. The Balaban J connectivity index is 1.96. The number of hydrogen-bond donors (Lipinski definition) is 1. The molecule has 1 atom stereocenters. The van der Waals surface area contributed by atoms with Gasteiger partial charge in [-0.3, -0.25) is 9.59 Å². The zero-order chi connectivity index (χ0) is 15.5. The summed E-state index contributed by atoms with van der Waals surface area (Å²) < 4.78 is 1.36. The molecule has 1 saturated carbocycles. The second kappa shape index (κ2) is 6.24. The van der Waals surface area contributed by atoms with E-state index in [2.05, 4.69) is 31.3 Å². The van der Waals surface area contributed by atoms with E-state index in [0.29, 0.717) is 5.92 Å². The molecular formula is C16H23N3O2. The van der Waals surface area contributed by atoms with Gasteiger partial charge in [0, 0.05) is 18.0 Å². The number of nitrogens with one attached hydrogen (secondary N) is 1. The summed E-state index contributed by atoms with van der Waals surface area (Å²) in [6.07, 6.45) is 4.61. The minimum atomic E-state index is -0.271. The average Bonchev–Trinajstić information content (AvgIpc) is 2.37. The first kappa shape index (κ1) is 15.5. The van der Waals surface area contributed by atoms with Crippen LogP contribution in [0.3, 0.4) is 0 Å². The summed E-state index contributed by atoms with van der Waals surface area (Å²) in [6, 6.07) is 4.82. The Kier molecular flexibility index (Phi) is 4.60. The van der Waals surface area contributed by atoms with Crippen molar-refractivity contribution in [2.75, 3.05) is 0 Å². The molecule has 1 aromatic heterocycles. The Morgan fingerprint density at radius 3 is 2.90 bits per heavy atom. The van der Waals surface area contributed by atoms with Crippen LogP contribution in [-0.4, -0.2) is 16.2 Å². The Labute approximate surface area is 125 Å². The lowest BCUT2D eigenvalue weighted by Gasteiger charge is -2.34. The number of carbonyl (C=O) groups excluding carboxylic acids is 1. The molecule has 0 unspecified atom stereocenters. The highest BCUT2D eigenvalue weighted by Gasteiger charge is 2.29. The fraction of sp³-hybridized carbons (Fsp3) is 0.562. The minimum absolute atomic E-state index is 0.00456. The summed E-state index contributed by atoms with van der Waals surface area (Å²) in [5.74, 6) is 0.313. The van der Waals surface area contributed by atoms with Gasteiger partial charge in [-0.25, -0.2) is 5.43 Å². The van der Waals surface area contributed by atoms with Crippen molar-refractivity contribution >= 4 is 11.6 Å². The van der Waals surface area contributed by atoms with E-state index in [1.807, 2.05) is 0 Å². The van der Waals surface area contributed by atoms with Crippen molar-refractivity contribution in [3.05, 3.63) is 34.7 Å². The molecule has 1 N–H and O–H groups in total. The van der Waals surface area contributed by atoms with Crippen LogP contribution in [0.15, 0.2) is 34.3 Å². The van der Waals surface area contributed by atoms with Crippen molar-refractivity contribution in [1.29, 1.82) is 0 Å². The van der Waals surface area contributed by atoms with E-state index in [9.17, 15) is 9.59 Å². The third-order valence-electron chi connectivity index (χ3n) is 3.72. The molecule has 0 aliphatic heterocycles. The number of carbonyl (C=O) groups is 1. The molecule has 1 heterocycles. The smallest absolute Gasteiger partial charge is 0.260 e. The quantitative estimate of drug-likeness (QED) is 0.867. The Morgan fingerprint density at radius 1 is 1.48 bits per heavy atom. The highest BCUT2D eigenvalue weighted by molar-refractivity contribution is 5.87. The van der Waals surface area contributed by atoms with Crippen LogP contribution in [-0.2, 0) is 11.3 Å². The van der Waals surface area contributed by atoms with Crippen molar-refractivity contribution in [2.45, 2.75) is 46.6 Å². The summed E-state index contributed by atoms with van der Waals surface area (Å²) in [5.41, 5.74) is 3.66. The van der Waals surface area contributed by atoms with E-state index in [1.54, 1.807) is 18.3 Å². The third-order valence-corrected chi connectivity index (χ3v) is 3.72. The molecule has 0 aromatic carbocycles. The second-order valence-electron chi connectivity index (χ2n) is 6.73. The number of hydrogen-bond acceptors (Lipinski definition) is 3. The zero-order valence-corrected chi connectivity index (χ0v) is 12.9. The molecule has 0 radical (unpaired) electrons. The van der Waals surface area contributed by atoms with Crippen LogP contribution < -0.4 is 11.0 Å². The maximum absolute atomic E-state index is 11.9. The van der Waals surface area contributed by atoms with Gasteiger partial charge in [-0.05, 0) is 36.7 Å². The minimum Gasteiger partial charge on any atom is -0.306 e. The topological polar surface area (TPSA) is 63.5 Å². The normalized spacial score (nSPS) is 23.0. The van der Waals surface area contributed by atoms with Crippen LogP contribution >= 0.6 is 0 Å². The Bertz CT molecular complexity index is 602. The lowest BCUT2D eigenvalue weighted by atomic mass is 9.72. The second-order valence-corrected chi connectivity index (χ2v) is 6.73. The van der Waals surface area contributed by atoms with Gasteiger partial charge in [-0.2, -0.15) is 5.10 Å². The van der Waals surface area contributed by atoms with Gasteiger partial charge in [-0.1, -0.05) is 26.8 Å². The molecule has 1 amide bonds. The molecule has 2 rings (SSSR count). The number of aromatic nitrogens is 1. The molecule has 5 heteroatoms. The van der Waals surface area contributed by atoms with Gasteiger partial charge in [0.1, 0.15) is 6.54 Å². The molecule has 0 saturated heterocycles. The molecule has 114 valence electrons. The lowest BCUT2D eigenvalue weighted by molar-refractivity contribution is -0.121. The van der Waals surface area contributed by atoms with Gasteiger partial charge in [0.05, 0.1) is 0 Å². The van der Waals surface area contributed by atoms with E-state index in [-0.39, 0.29) is 23.4 Å². The largest absolute Gasteiger partial charge is 0.306 e. The van der Waals surface area contributed by atoms with E-state index >= 15 is 0 Å². The first-order valence-electron chi connectivity index (χ1n) is 7.35. The summed E-state index contributed by atoms with van der Waals surface area (Å²) in [6.45, 7) is 6.66. The van der Waals surface area contributed by atoms with Gasteiger partial charge >= 0.3 is 0 Å².